The van der Waals surface area contributed by atoms with Gasteiger partial charge < -0.3 is 14.5 Å². The van der Waals surface area contributed by atoms with E-state index in [-0.39, 0.29) is 34.8 Å². The van der Waals surface area contributed by atoms with Gasteiger partial charge in [0, 0.05) is 41.3 Å². The van der Waals surface area contributed by atoms with Crippen molar-refractivity contribution in [3.05, 3.63) is 71.5 Å². The Balaban J connectivity index is 0.00000353. The first-order chi connectivity index (χ1) is 19.6. The average molecular weight is 629 g/mol. The molecule has 2 aliphatic rings. The molecule has 9 nitrogen and oxygen atoms in total. The molecule has 1 saturated carbocycles. The van der Waals surface area contributed by atoms with Crippen LogP contribution in [0.2, 0.25) is 5.02 Å². The largest absolute Gasteiger partial charge is 0.476 e. The number of fused-ring (bicyclic) bond motifs is 4. The van der Waals surface area contributed by atoms with Gasteiger partial charge in [0.05, 0.1) is 34.3 Å². The molecule has 0 saturated heterocycles. The lowest BCUT2D eigenvalue weighted by Gasteiger charge is -2.16. The van der Waals surface area contributed by atoms with Gasteiger partial charge >= 0.3 is 0 Å². The summed E-state index contributed by atoms with van der Waals surface area (Å²) in [6.07, 6.45) is 5.84. The molecule has 1 fully saturated rings. The lowest BCUT2D eigenvalue weighted by molar-refractivity contribution is -0.119. The van der Waals surface area contributed by atoms with Gasteiger partial charge in [0.15, 0.2) is 0 Å². The number of likely N-dealkylation sites (N-methyl/N-ethyl adjacent to an activating group) is 1. The third-order valence-electron chi connectivity index (χ3n) is 7.69. The second-order valence-corrected chi connectivity index (χ2v) is 13.0. The summed E-state index contributed by atoms with van der Waals surface area (Å²) in [6.45, 7) is 1.19. The maximum absolute atomic E-state index is 13.3. The summed E-state index contributed by atoms with van der Waals surface area (Å²) in [7, 11) is 1.81. The highest BCUT2D eigenvalue weighted by molar-refractivity contribution is 7.92. The van der Waals surface area contributed by atoms with Crippen LogP contribution in [0.5, 0.6) is 5.88 Å². The topological polar surface area (TPSA) is 105 Å². The molecule has 1 aliphatic heterocycles. The molecule has 1 N–H and O–H groups in total. The van der Waals surface area contributed by atoms with E-state index in [2.05, 4.69) is 14.7 Å². The third-order valence-corrected chi connectivity index (χ3v) is 9.33. The number of amides is 1. The molecule has 1 aliphatic carbocycles. The number of nitrogens with one attached hydrogen (secondary N) is 1. The van der Waals surface area contributed by atoms with Crippen molar-refractivity contribution in [3.8, 4) is 17.0 Å². The van der Waals surface area contributed by atoms with E-state index in [9.17, 15) is 13.2 Å². The van der Waals surface area contributed by atoms with Crippen LogP contribution in [-0.2, 0) is 20.2 Å². The first-order valence-electron chi connectivity index (χ1n) is 13.4. The minimum atomic E-state index is -3.95. The molecule has 6 rings (SSSR count). The van der Waals surface area contributed by atoms with E-state index in [4.69, 9.17) is 16.3 Å². The van der Waals surface area contributed by atoms with Crippen LogP contribution in [0.3, 0.4) is 0 Å². The highest BCUT2D eigenvalue weighted by atomic mass is 35.5. The van der Waals surface area contributed by atoms with Gasteiger partial charge in [-0.25, -0.2) is 13.4 Å². The molecule has 3 heterocycles. The number of anilines is 2. The summed E-state index contributed by atoms with van der Waals surface area (Å²) in [5.41, 5.74) is 3.95. The number of ether oxygens (including phenoxy) is 1. The summed E-state index contributed by atoms with van der Waals surface area (Å²) in [5, 5.41) is 1.36. The second kappa shape index (κ2) is 11.3. The van der Waals surface area contributed by atoms with E-state index in [1.54, 1.807) is 30.4 Å². The SMILES string of the molecule is CN(C)CCCOc1ncc(-c2ccc3ncc4c(c3c2)C2(CC2)C(=O)N4C)cc1NS(=O)(=O)c1ccc(Cl)cc1.Cl. The van der Waals surface area contributed by atoms with Gasteiger partial charge in [-0.15, -0.1) is 12.4 Å². The number of halogens is 2. The Morgan fingerprint density at radius 1 is 1.05 bits per heavy atom. The predicted molar refractivity (Wildman–Crippen MR) is 167 cm³/mol. The highest BCUT2D eigenvalue weighted by Gasteiger charge is 2.59. The molecule has 2 aromatic carbocycles. The van der Waals surface area contributed by atoms with Gasteiger partial charge in [-0.1, -0.05) is 17.7 Å². The zero-order chi connectivity index (χ0) is 28.9. The summed E-state index contributed by atoms with van der Waals surface area (Å²) in [5.74, 6) is 0.307. The number of carbonyl (C=O) groups excluding carboxylic acids is 1. The Morgan fingerprint density at radius 2 is 1.79 bits per heavy atom. The van der Waals surface area contributed by atoms with Crippen molar-refractivity contribution in [1.82, 2.24) is 14.9 Å². The number of nitrogens with zero attached hydrogens (tertiary/aromatic N) is 4. The molecule has 12 heteroatoms. The van der Waals surface area contributed by atoms with Crippen LogP contribution >= 0.6 is 24.0 Å². The quantitative estimate of drug-likeness (QED) is 0.244. The van der Waals surface area contributed by atoms with Crippen LogP contribution in [0.4, 0.5) is 11.4 Å². The molecular weight excluding hydrogens is 597 g/mol. The van der Waals surface area contributed by atoms with Crippen molar-refractivity contribution in [3.63, 3.8) is 0 Å². The second-order valence-electron chi connectivity index (χ2n) is 10.8. The number of hydrogen-bond donors (Lipinski definition) is 1. The molecule has 2 aromatic heterocycles. The molecule has 0 bridgehead atoms. The Labute approximate surface area is 256 Å². The van der Waals surface area contributed by atoms with Gasteiger partial charge in [0.2, 0.25) is 11.8 Å². The van der Waals surface area contributed by atoms with Crippen molar-refractivity contribution in [2.45, 2.75) is 29.6 Å². The van der Waals surface area contributed by atoms with Crippen molar-refractivity contribution in [1.29, 1.82) is 0 Å². The zero-order valence-electron chi connectivity index (χ0n) is 23.4. The van der Waals surface area contributed by atoms with Gasteiger partial charge in [0.25, 0.3) is 10.0 Å². The molecule has 0 unspecified atom stereocenters. The summed E-state index contributed by atoms with van der Waals surface area (Å²) in [4.78, 5) is 26.0. The normalized spacial score (nSPS) is 15.2. The number of aromatic nitrogens is 2. The summed E-state index contributed by atoms with van der Waals surface area (Å²) < 4.78 is 35.2. The number of rotatable bonds is 9. The minimum Gasteiger partial charge on any atom is -0.476 e. The number of carbonyl (C=O) groups is 1. The number of benzene rings is 2. The van der Waals surface area contributed by atoms with Gasteiger partial charge in [-0.3, -0.25) is 14.5 Å². The van der Waals surface area contributed by atoms with Crippen molar-refractivity contribution >= 4 is 62.2 Å². The van der Waals surface area contributed by atoms with Crippen molar-refractivity contribution < 1.29 is 17.9 Å². The van der Waals surface area contributed by atoms with E-state index in [0.29, 0.717) is 17.2 Å². The fraction of sp³-hybridized carbons (Fsp3) is 0.300. The van der Waals surface area contributed by atoms with E-state index in [1.165, 1.54) is 24.3 Å². The van der Waals surface area contributed by atoms with Crippen molar-refractivity contribution in [2.75, 3.05) is 43.9 Å². The Hall–Kier alpha value is -3.44. The monoisotopic (exact) mass is 627 g/mol. The average Bonchev–Trinajstić information content (AvgIpc) is 3.72. The molecule has 42 heavy (non-hydrogen) atoms. The van der Waals surface area contributed by atoms with Gasteiger partial charge in [0.1, 0.15) is 5.69 Å². The smallest absolute Gasteiger partial charge is 0.262 e. The fourth-order valence-corrected chi connectivity index (χ4v) is 6.58. The third kappa shape index (κ3) is 5.40. The van der Waals surface area contributed by atoms with Crippen LogP contribution in [0, 0.1) is 0 Å². The maximum Gasteiger partial charge on any atom is 0.262 e. The first-order valence-corrected chi connectivity index (χ1v) is 15.2. The standard InChI is InChI=1S/C30H30ClN5O4S.ClH/c1-35(2)13-4-14-40-28-25(34-41(38,39)22-8-6-21(31)7-9-22)16-20(17-33-28)19-5-10-24-23(15-19)27-26(18-32-24)36(3)29(37)30(27)11-12-30;/h5-10,15-18,34H,4,11-14H2,1-3H3;1H. The maximum atomic E-state index is 13.3. The Bertz CT molecular complexity index is 1780. The number of sulfonamides is 1. The molecule has 220 valence electrons. The number of hydrogen-bond acceptors (Lipinski definition) is 7. The summed E-state index contributed by atoms with van der Waals surface area (Å²) >= 11 is 5.97. The van der Waals surface area contributed by atoms with Crippen LogP contribution in [0.1, 0.15) is 24.8 Å². The van der Waals surface area contributed by atoms with Crippen molar-refractivity contribution in [2.24, 2.45) is 0 Å². The molecule has 4 aromatic rings. The highest BCUT2D eigenvalue weighted by Crippen LogP contribution is 2.58. The van der Waals surface area contributed by atoms with E-state index in [0.717, 1.165) is 53.5 Å². The first kappa shape index (κ1) is 30.0. The molecule has 0 atom stereocenters. The van der Waals surface area contributed by atoms with Crippen LogP contribution in [0.25, 0.3) is 22.0 Å². The van der Waals surface area contributed by atoms with E-state index < -0.39 is 15.4 Å². The Morgan fingerprint density at radius 3 is 2.48 bits per heavy atom. The Kier molecular flexibility index (Phi) is 8.10. The predicted octanol–water partition coefficient (Wildman–Crippen LogP) is 5.51. The minimum absolute atomic E-state index is 0. The molecule has 1 spiro atoms. The molecule has 0 radical (unpaired) electrons. The van der Waals surface area contributed by atoms with E-state index in [1.807, 2.05) is 37.2 Å². The van der Waals surface area contributed by atoms with Gasteiger partial charge in [-0.05, 0) is 81.4 Å². The van der Waals surface area contributed by atoms with Crippen LogP contribution in [0.15, 0.2) is 65.8 Å². The van der Waals surface area contributed by atoms with E-state index >= 15 is 0 Å². The fourth-order valence-electron chi connectivity index (χ4n) is 5.41. The molecule has 1 amide bonds. The lowest BCUT2D eigenvalue weighted by Crippen LogP contribution is -2.28. The van der Waals surface area contributed by atoms with Gasteiger partial charge in [-0.2, -0.15) is 0 Å². The lowest BCUT2D eigenvalue weighted by atomic mass is 9.92. The zero-order valence-corrected chi connectivity index (χ0v) is 25.8. The number of pyridine rings is 2. The van der Waals surface area contributed by atoms with Crippen LogP contribution in [-0.4, -0.2) is 63.5 Å². The summed E-state index contributed by atoms with van der Waals surface area (Å²) in [6, 6.07) is 13.5. The molecular formula is C30H31Cl2N5O4S. The van der Waals surface area contributed by atoms with Crippen LogP contribution < -0.4 is 14.4 Å².